The number of hydrogen-bond acceptors (Lipinski definition) is 3. The van der Waals surface area contributed by atoms with Crippen LogP contribution in [0, 0.1) is 0 Å². The second-order valence-corrected chi connectivity index (χ2v) is 6.82. The van der Waals surface area contributed by atoms with Gasteiger partial charge in [-0.25, -0.2) is 4.98 Å². The Morgan fingerprint density at radius 2 is 2.05 bits per heavy atom. The number of rotatable bonds is 7. The average Bonchev–Trinajstić information content (AvgIpc) is 2.79. The van der Waals surface area contributed by atoms with Crippen molar-refractivity contribution in [3.05, 3.63) is 23.4 Å². The molecule has 0 spiro atoms. The van der Waals surface area contributed by atoms with Crippen LogP contribution < -0.4 is 10.2 Å². The molecule has 0 aliphatic carbocycles. The fraction of sp³-hybridized carbons (Fsp3) is 0.722. The molecule has 0 atom stereocenters. The molecule has 21 heavy (non-hydrogen) atoms. The van der Waals surface area contributed by atoms with Gasteiger partial charge in [0, 0.05) is 24.3 Å². The van der Waals surface area contributed by atoms with Gasteiger partial charge >= 0.3 is 0 Å². The van der Waals surface area contributed by atoms with Gasteiger partial charge in [-0.15, -0.1) is 0 Å². The molecule has 3 nitrogen and oxygen atoms in total. The summed E-state index contributed by atoms with van der Waals surface area (Å²) >= 11 is 0. The van der Waals surface area contributed by atoms with Gasteiger partial charge in [-0.2, -0.15) is 0 Å². The SMILES string of the molecule is CCCNCc1cc(CCC)nc(N2CCCC2(C)C)c1. The standard InChI is InChI=1S/C18H31N3/c1-5-8-16-12-15(14-19-10-6-2)13-17(20-16)21-11-7-9-18(21,3)4/h12-13,19H,5-11,14H2,1-4H3. The molecule has 2 heterocycles. The second kappa shape index (κ2) is 7.26. The number of nitrogens with zero attached hydrogens (tertiary/aromatic N) is 2. The third-order valence-corrected chi connectivity index (χ3v) is 4.36. The highest BCUT2D eigenvalue weighted by molar-refractivity contribution is 5.46. The molecule has 0 unspecified atom stereocenters. The molecule has 0 saturated carbocycles. The van der Waals surface area contributed by atoms with Crippen LogP contribution >= 0.6 is 0 Å². The van der Waals surface area contributed by atoms with Crippen LogP contribution in [0.1, 0.15) is 64.6 Å². The summed E-state index contributed by atoms with van der Waals surface area (Å²) in [7, 11) is 0. The Morgan fingerprint density at radius 3 is 2.67 bits per heavy atom. The number of aryl methyl sites for hydroxylation is 1. The molecular formula is C18H31N3. The van der Waals surface area contributed by atoms with Crippen molar-refractivity contribution >= 4 is 5.82 Å². The lowest BCUT2D eigenvalue weighted by molar-refractivity contribution is 0.513. The lowest BCUT2D eigenvalue weighted by Gasteiger charge is -2.33. The van der Waals surface area contributed by atoms with Crippen molar-refractivity contribution in [1.82, 2.24) is 10.3 Å². The summed E-state index contributed by atoms with van der Waals surface area (Å²) in [6.45, 7) is 12.3. The van der Waals surface area contributed by atoms with Crippen molar-refractivity contribution in [2.24, 2.45) is 0 Å². The minimum Gasteiger partial charge on any atom is -0.351 e. The lowest BCUT2D eigenvalue weighted by Crippen LogP contribution is -2.38. The molecule has 3 heteroatoms. The van der Waals surface area contributed by atoms with Gasteiger partial charge < -0.3 is 10.2 Å². The predicted molar refractivity (Wildman–Crippen MR) is 90.9 cm³/mol. The van der Waals surface area contributed by atoms with Gasteiger partial charge in [-0.3, -0.25) is 0 Å². The Kier molecular flexibility index (Phi) is 5.63. The Hall–Kier alpha value is -1.09. The van der Waals surface area contributed by atoms with Gasteiger partial charge in [0.1, 0.15) is 5.82 Å². The molecule has 1 aromatic rings. The molecule has 0 aromatic carbocycles. The van der Waals surface area contributed by atoms with Crippen LogP contribution in [0.25, 0.3) is 0 Å². The number of hydrogen-bond donors (Lipinski definition) is 1. The largest absolute Gasteiger partial charge is 0.351 e. The fourth-order valence-corrected chi connectivity index (χ4v) is 3.20. The molecule has 0 radical (unpaired) electrons. The van der Waals surface area contributed by atoms with E-state index in [9.17, 15) is 0 Å². The van der Waals surface area contributed by atoms with Crippen LogP contribution in [-0.4, -0.2) is 23.6 Å². The number of aromatic nitrogens is 1. The highest BCUT2D eigenvalue weighted by Crippen LogP contribution is 2.33. The molecule has 1 aliphatic rings. The molecule has 1 aromatic heterocycles. The molecule has 0 amide bonds. The lowest BCUT2D eigenvalue weighted by atomic mass is 10.0. The minimum absolute atomic E-state index is 0.242. The highest BCUT2D eigenvalue weighted by Gasteiger charge is 2.32. The van der Waals surface area contributed by atoms with E-state index in [4.69, 9.17) is 4.98 Å². The molecule has 2 rings (SSSR count). The zero-order chi connectivity index (χ0) is 15.3. The average molecular weight is 289 g/mol. The van der Waals surface area contributed by atoms with Crippen molar-refractivity contribution in [3.63, 3.8) is 0 Å². The minimum atomic E-state index is 0.242. The van der Waals surface area contributed by atoms with Crippen molar-refractivity contribution < 1.29 is 0 Å². The maximum Gasteiger partial charge on any atom is 0.129 e. The van der Waals surface area contributed by atoms with E-state index in [1.54, 1.807) is 0 Å². The van der Waals surface area contributed by atoms with E-state index >= 15 is 0 Å². The zero-order valence-electron chi connectivity index (χ0n) is 14.2. The van der Waals surface area contributed by atoms with E-state index in [1.165, 1.54) is 36.3 Å². The molecule has 1 fully saturated rings. The van der Waals surface area contributed by atoms with Crippen molar-refractivity contribution in [1.29, 1.82) is 0 Å². The first-order valence-corrected chi connectivity index (χ1v) is 8.55. The van der Waals surface area contributed by atoms with Gasteiger partial charge in [-0.05, 0) is 63.8 Å². The van der Waals surface area contributed by atoms with Crippen molar-refractivity contribution in [3.8, 4) is 0 Å². The van der Waals surface area contributed by atoms with Gasteiger partial charge in [-0.1, -0.05) is 20.3 Å². The third-order valence-electron chi connectivity index (χ3n) is 4.36. The van der Waals surface area contributed by atoms with Gasteiger partial charge in [0.05, 0.1) is 0 Å². The Bertz CT molecular complexity index is 454. The van der Waals surface area contributed by atoms with Crippen LogP contribution in [0.2, 0.25) is 0 Å². The third kappa shape index (κ3) is 4.19. The normalized spacial score (nSPS) is 17.4. The topological polar surface area (TPSA) is 28.2 Å². The molecular weight excluding hydrogens is 258 g/mol. The maximum absolute atomic E-state index is 4.93. The monoisotopic (exact) mass is 289 g/mol. The van der Waals surface area contributed by atoms with Crippen LogP contribution in [0.5, 0.6) is 0 Å². The van der Waals surface area contributed by atoms with Crippen LogP contribution in [0.4, 0.5) is 5.82 Å². The Balaban J connectivity index is 2.22. The molecule has 1 N–H and O–H groups in total. The van der Waals surface area contributed by atoms with E-state index in [-0.39, 0.29) is 5.54 Å². The number of nitrogens with one attached hydrogen (secondary N) is 1. The van der Waals surface area contributed by atoms with E-state index in [2.05, 4.69) is 50.0 Å². The Morgan fingerprint density at radius 1 is 1.24 bits per heavy atom. The van der Waals surface area contributed by atoms with Crippen LogP contribution in [0.15, 0.2) is 12.1 Å². The summed E-state index contributed by atoms with van der Waals surface area (Å²) in [6.07, 6.45) is 5.94. The first kappa shape index (κ1) is 16.3. The summed E-state index contributed by atoms with van der Waals surface area (Å²) in [6, 6.07) is 4.56. The summed E-state index contributed by atoms with van der Waals surface area (Å²) in [5.41, 5.74) is 2.86. The number of anilines is 1. The van der Waals surface area contributed by atoms with Crippen molar-refractivity contribution in [2.75, 3.05) is 18.0 Å². The zero-order valence-corrected chi connectivity index (χ0v) is 14.2. The van der Waals surface area contributed by atoms with E-state index in [1.807, 2.05) is 0 Å². The highest BCUT2D eigenvalue weighted by atomic mass is 15.3. The van der Waals surface area contributed by atoms with E-state index in [0.717, 1.165) is 32.5 Å². The van der Waals surface area contributed by atoms with E-state index < -0.39 is 0 Å². The summed E-state index contributed by atoms with van der Waals surface area (Å²) in [4.78, 5) is 7.42. The molecule has 0 bridgehead atoms. The van der Waals surface area contributed by atoms with Crippen LogP contribution in [-0.2, 0) is 13.0 Å². The second-order valence-electron chi connectivity index (χ2n) is 6.82. The molecule has 118 valence electrons. The smallest absolute Gasteiger partial charge is 0.129 e. The quantitative estimate of drug-likeness (QED) is 0.771. The van der Waals surface area contributed by atoms with E-state index in [0.29, 0.717) is 0 Å². The molecule has 1 aliphatic heterocycles. The first-order chi connectivity index (χ1) is 10.1. The summed E-state index contributed by atoms with van der Waals surface area (Å²) in [5.74, 6) is 1.18. The molecule has 1 saturated heterocycles. The van der Waals surface area contributed by atoms with Gasteiger partial charge in [0.15, 0.2) is 0 Å². The number of pyridine rings is 1. The maximum atomic E-state index is 4.93. The van der Waals surface area contributed by atoms with Crippen molar-refractivity contribution in [2.45, 2.75) is 71.9 Å². The summed E-state index contributed by atoms with van der Waals surface area (Å²) < 4.78 is 0. The van der Waals surface area contributed by atoms with Gasteiger partial charge in [0.25, 0.3) is 0 Å². The summed E-state index contributed by atoms with van der Waals surface area (Å²) in [5, 5.41) is 3.51. The predicted octanol–water partition coefficient (Wildman–Crippen LogP) is 3.91. The fourth-order valence-electron chi connectivity index (χ4n) is 3.20. The Labute approximate surface area is 130 Å². The van der Waals surface area contributed by atoms with Crippen LogP contribution in [0.3, 0.4) is 0 Å². The van der Waals surface area contributed by atoms with Gasteiger partial charge in [0.2, 0.25) is 0 Å². The first-order valence-electron chi connectivity index (χ1n) is 8.55.